The van der Waals surface area contributed by atoms with Crippen LogP contribution in [-0.4, -0.2) is 36.4 Å². The molecule has 208 valence electrons. The highest BCUT2D eigenvalue weighted by Crippen LogP contribution is 2.42. The maximum atomic E-state index is 14.1. The van der Waals surface area contributed by atoms with Crippen molar-refractivity contribution < 1.29 is 14.3 Å². The Kier molecular flexibility index (Phi) is 7.72. The van der Waals surface area contributed by atoms with Crippen molar-refractivity contribution in [2.75, 3.05) is 29.5 Å². The van der Waals surface area contributed by atoms with Gasteiger partial charge in [0.1, 0.15) is 11.9 Å². The van der Waals surface area contributed by atoms with Gasteiger partial charge in [-0.15, -0.1) is 0 Å². The second-order valence-electron chi connectivity index (χ2n) is 10.8. The lowest BCUT2D eigenvalue weighted by Crippen LogP contribution is -2.49. The van der Waals surface area contributed by atoms with Crippen molar-refractivity contribution in [1.82, 2.24) is 4.90 Å². The SMILES string of the molecule is Cc1ccc(N2C(=O)c3ccccc3N(Cc3ccccc3)[C@@H]2c2ccc(OCC(=O)N3CCCCC3)cc2)cc1. The van der Waals surface area contributed by atoms with E-state index < -0.39 is 0 Å². The van der Waals surface area contributed by atoms with Gasteiger partial charge in [-0.1, -0.05) is 72.3 Å². The molecule has 6 heteroatoms. The third-order valence-electron chi connectivity index (χ3n) is 7.96. The van der Waals surface area contributed by atoms with Crippen molar-refractivity contribution in [3.63, 3.8) is 0 Å². The number of amides is 2. The van der Waals surface area contributed by atoms with Gasteiger partial charge < -0.3 is 14.5 Å². The fourth-order valence-electron chi connectivity index (χ4n) is 5.78. The van der Waals surface area contributed by atoms with Gasteiger partial charge in [0.25, 0.3) is 11.8 Å². The minimum atomic E-state index is -0.385. The van der Waals surface area contributed by atoms with Crippen molar-refractivity contribution in [3.8, 4) is 5.75 Å². The quantitative estimate of drug-likeness (QED) is 0.258. The van der Waals surface area contributed by atoms with Crippen LogP contribution in [0, 0.1) is 6.92 Å². The summed E-state index contributed by atoms with van der Waals surface area (Å²) >= 11 is 0. The van der Waals surface area contributed by atoms with Crippen LogP contribution in [0.5, 0.6) is 5.75 Å². The van der Waals surface area contributed by atoms with Gasteiger partial charge in [-0.25, -0.2) is 0 Å². The lowest BCUT2D eigenvalue weighted by atomic mass is 9.99. The third-order valence-corrected chi connectivity index (χ3v) is 7.96. The zero-order valence-corrected chi connectivity index (χ0v) is 23.4. The van der Waals surface area contributed by atoms with Gasteiger partial charge in [0.05, 0.1) is 11.3 Å². The molecule has 0 spiro atoms. The number of hydrogen-bond acceptors (Lipinski definition) is 4. The van der Waals surface area contributed by atoms with Crippen LogP contribution >= 0.6 is 0 Å². The molecule has 2 aliphatic rings. The Labute approximate surface area is 241 Å². The number of aryl methyl sites for hydroxylation is 1. The van der Waals surface area contributed by atoms with Gasteiger partial charge in [-0.3, -0.25) is 14.5 Å². The summed E-state index contributed by atoms with van der Waals surface area (Å²) < 4.78 is 5.90. The van der Waals surface area contributed by atoms with Crippen molar-refractivity contribution in [2.45, 2.75) is 38.9 Å². The molecule has 0 unspecified atom stereocenters. The average molecular weight is 546 g/mol. The van der Waals surface area contributed by atoms with Gasteiger partial charge in [0, 0.05) is 25.3 Å². The monoisotopic (exact) mass is 545 g/mol. The molecular formula is C35H35N3O3. The maximum Gasteiger partial charge on any atom is 0.262 e. The number of anilines is 2. The molecule has 0 saturated carbocycles. The summed E-state index contributed by atoms with van der Waals surface area (Å²) in [6, 6.07) is 34.1. The summed E-state index contributed by atoms with van der Waals surface area (Å²) in [5.41, 5.74) is 5.67. The minimum Gasteiger partial charge on any atom is -0.484 e. The van der Waals surface area contributed by atoms with Crippen LogP contribution in [0.4, 0.5) is 11.4 Å². The standard InChI is InChI=1S/C35H35N3O3/c1-26-14-18-29(19-15-26)38-34(28-16-20-30(21-17-28)41-25-33(39)36-22-8-3-9-23-36)37(24-27-10-4-2-5-11-27)32-13-7-6-12-31(32)35(38)40/h2,4-7,10-21,34H,3,8-9,22-25H2,1H3/t34-/m0/s1. The molecule has 2 amide bonds. The smallest absolute Gasteiger partial charge is 0.262 e. The summed E-state index contributed by atoms with van der Waals surface area (Å²) in [4.78, 5) is 32.8. The number of carbonyl (C=O) groups is 2. The summed E-state index contributed by atoms with van der Waals surface area (Å²) in [6.07, 6.45) is 2.91. The fourth-order valence-corrected chi connectivity index (χ4v) is 5.78. The molecule has 41 heavy (non-hydrogen) atoms. The molecule has 2 aliphatic heterocycles. The molecule has 1 fully saturated rings. The van der Waals surface area contributed by atoms with Crippen LogP contribution in [0.3, 0.4) is 0 Å². The molecule has 0 aromatic heterocycles. The topological polar surface area (TPSA) is 53.1 Å². The van der Waals surface area contributed by atoms with Crippen molar-refractivity contribution in [1.29, 1.82) is 0 Å². The average Bonchev–Trinajstić information content (AvgIpc) is 3.03. The normalized spacial score (nSPS) is 16.9. The molecule has 0 aliphatic carbocycles. The van der Waals surface area contributed by atoms with Crippen LogP contribution in [0.15, 0.2) is 103 Å². The lowest BCUT2D eigenvalue weighted by molar-refractivity contribution is -0.134. The number of carbonyl (C=O) groups excluding carboxylic acids is 2. The molecule has 1 atom stereocenters. The van der Waals surface area contributed by atoms with Gasteiger partial charge in [0.2, 0.25) is 0 Å². The van der Waals surface area contributed by atoms with Crippen molar-refractivity contribution in [3.05, 3.63) is 125 Å². The number of likely N-dealkylation sites (tertiary alicyclic amines) is 1. The molecule has 6 nitrogen and oxygen atoms in total. The number of benzene rings is 4. The molecule has 1 saturated heterocycles. The van der Waals surface area contributed by atoms with E-state index in [1.807, 2.05) is 108 Å². The van der Waals surface area contributed by atoms with E-state index in [4.69, 9.17) is 4.74 Å². The second-order valence-corrected chi connectivity index (χ2v) is 10.8. The highest BCUT2D eigenvalue weighted by molar-refractivity contribution is 6.12. The second kappa shape index (κ2) is 11.9. The zero-order valence-electron chi connectivity index (χ0n) is 23.4. The van der Waals surface area contributed by atoms with E-state index in [-0.39, 0.29) is 24.6 Å². The van der Waals surface area contributed by atoms with Crippen molar-refractivity contribution >= 4 is 23.2 Å². The number of rotatable bonds is 7. The lowest BCUT2D eigenvalue weighted by Gasteiger charge is -2.46. The first-order valence-corrected chi connectivity index (χ1v) is 14.4. The highest BCUT2D eigenvalue weighted by Gasteiger charge is 2.39. The number of fused-ring (bicyclic) bond motifs is 1. The molecular weight excluding hydrogens is 510 g/mol. The van der Waals surface area contributed by atoms with Gasteiger partial charge in [-0.05, 0) is 73.7 Å². The zero-order chi connectivity index (χ0) is 28.2. The summed E-state index contributed by atoms with van der Waals surface area (Å²) in [7, 11) is 0. The van der Waals surface area contributed by atoms with Crippen LogP contribution in [0.2, 0.25) is 0 Å². The van der Waals surface area contributed by atoms with E-state index in [9.17, 15) is 9.59 Å². The summed E-state index contributed by atoms with van der Waals surface area (Å²) in [5.74, 6) is 0.632. The Bertz CT molecular complexity index is 1500. The number of piperidine rings is 1. The Hall–Kier alpha value is -4.58. The van der Waals surface area contributed by atoms with E-state index in [0.29, 0.717) is 17.9 Å². The largest absolute Gasteiger partial charge is 0.484 e. The molecule has 0 radical (unpaired) electrons. The van der Waals surface area contributed by atoms with E-state index >= 15 is 0 Å². The predicted molar refractivity (Wildman–Crippen MR) is 162 cm³/mol. The Morgan fingerprint density at radius 1 is 0.805 bits per heavy atom. The Morgan fingerprint density at radius 3 is 2.22 bits per heavy atom. The summed E-state index contributed by atoms with van der Waals surface area (Å²) in [5, 5.41) is 0. The van der Waals surface area contributed by atoms with Crippen LogP contribution in [0.25, 0.3) is 0 Å². The van der Waals surface area contributed by atoms with E-state index in [2.05, 4.69) is 17.0 Å². The fraction of sp³-hybridized carbons (Fsp3) is 0.257. The molecule has 0 N–H and O–H groups in total. The number of nitrogens with zero attached hydrogens (tertiary/aromatic N) is 3. The Morgan fingerprint density at radius 2 is 1.49 bits per heavy atom. The van der Waals surface area contributed by atoms with Gasteiger partial charge >= 0.3 is 0 Å². The molecule has 0 bridgehead atoms. The van der Waals surface area contributed by atoms with E-state index in [1.54, 1.807) is 0 Å². The first-order valence-electron chi connectivity index (χ1n) is 14.4. The minimum absolute atomic E-state index is 0.0304. The number of hydrogen-bond donors (Lipinski definition) is 0. The summed E-state index contributed by atoms with van der Waals surface area (Å²) in [6.45, 7) is 4.32. The molecule has 4 aromatic rings. The Balaban J connectivity index is 1.35. The highest BCUT2D eigenvalue weighted by atomic mass is 16.5. The van der Waals surface area contributed by atoms with E-state index in [1.165, 1.54) is 6.42 Å². The van der Waals surface area contributed by atoms with Gasteiger partial charge in [-0.2, -0.15) is 0 Å². The maximum absolute atomic E-state index is 14.1. The van der Waals surface area contributed by atoms with E-state index in [0.717, 1.165) is 54.0 Å². The van der Waals surface area contributed by atoms with Crippen LogP contribution in [-0.2, 0) is 11.3 Å². The van der Waals surface area contributed by atoms with Crippen molar-refractivity contribution in [2.24, 2.45) is 0 Å². The molecule has 6 rings (SSSR count). The van der Waals surface area contributed by atoms with Crippen LogP contribution < -0.4 is 14.5 Å². The van der Waals surface area contributed by atoms with Crippen LogP contribution in [0.1, 0.15) is 52.5 Å². The predicted octanol–water partition coefficient (Wildman–Crippen LogP) is 6.75. The van der Waals surface area contributed by atoms with Gasteiger partial charge in [0.15, 0.2) is 6.61 Å². The number of ether oxygens (including phenoxy) is 1. The first-order chi connectivity index (χ1) is 20.1. The molecule has 2 heterocycles. The third kappa shape index (κ3) is 5.68. The molecule has 4 aromatic carbocycles. The number of para-hydroxylation sites is 1. The first kappa shape index (κ1) is 26.6.